The van der Waals surface area contributed by atoms with Crippen molar-refractivity contribution in [3.8, 4) is 0 Å². The monoisotopic (exact) mass is 424 g/mol. The zero-order valence-electron chi connectivity index (χ0n) is 15.3. The van der Waals surface area contributed by atoms with Crippen LogP contribution in [0.1, 0.15) is 64.2 Å². The first-order chi connectivity index (χ1) is 12.4. The summed E-state index contributed by atoms with van der Waals surface area (Å²) >= 11 is 0. The van der Waals surface area contributed by atoms with Gasteiger partial charge in [0.15, 0.2) is 12.2 Å². The first-order valence-corrected chi connectivity index (χ1v) is 11.5. The van der Waals surface area contributed by atoms with Crippen molar-refractivity contribution in [1.82, 2.24) is 0 Å². The molecule has 2 aliphatic carbocycles. The van der Waals surface area contributed by atoms with Crippen molar-refractivity contribution in [2.24, 2.45) is 11.8 Å². The second-order valence-corrected chi connectivity index (χ2v) is 9.67. The Morgan fingerprint density at radius 1 is 0.704 bits per heavy atom. The van der Waals surface area contributed by atoms with Gasteiger partial charge in [0.05, 0.1) is 0 Å². The van der Waals surface area contributed by atoms with Gasteiger partial charge in [-0.3, -0.25) is 13.6 Å². The molecule has 160 valence electrons. The fourth-order valence-electron chi connectivity index (χ4n) is 4.14. The molecule has 0 radical (unpaired) electrons. The van der Waals surface area contributed by atoms with Crippen LogP contribution in [0.5, 0.6) is 0 Å². The SMILES string of the molecule is CP(=O)(OC(C1CCCCC1)C(F)(F)F)OC(C1CCCCC1)C(F)(F)F. The maximum Gasteiger partial charge on any atom is 0.415 e. The molecule has 0 aromatic rings. The Hall–Kier alpha value is -0.270. The number of rotatable bonds is 6. The van der Waals surface area contributed by atoms with Crippen molar-refractivity contribution in [3.05, 3.63) is 0 Å². The Labute approximate surface area is 155 Å². The smallest absolute Gasteiger partial charge is 0.296 e. The topological polar surface area (TPSA) is 35.5 Å². The van der Waals surface area contributed by atoms with E-state index >= 15 is 0 Å². The van der Waals surface area contributed by atoms with E-state index in [4.69, 9.17) is 9.05 Å². The molecule has 0 heterocycles. The van der Waals surface area contributed by atoms with Crippen LogP contribution in [0.15, 0.2) is 0 Å². The molecule has 0 bridgehead atoms. The van der Waals surface area contributed by atoms with Gasteiger partial charge < -0.3 is 0 Å². The third kappa shape index (κ3) is 6.93. The molecule has 0 spiro atoms. The van der Waals surface area contributed by atoms with Crippen LogP contribution < -0.4 is 0 Å². The number of alkyl halides is 6. The predicted molar refractivity (Wildman–Crippen MR) is 88.5 cm³/mol. The largest absolute Gasteiger partial charge is 0.415 e. The van der Waals surface area contributed by atoms with E-state index in [0.29, 0.717) is 25.7 Å². The van der Waals surface area contributed by atoms with E-state index in [1.54, 1.807) is 0 Å². The van der Waals surface area contributed by atoms with Crippen LogP contribution in [0, 0.1) is 11.8 Å². The molecular formula is C17H27F6O3P. The second kappa shape index (κ2) is 9.04. The summed E-state index contributed by atoms with van der Waals surface area (Å²) in [7, 11) is -4.57. The van der Waals surface area contributed by atoms with E-state index in [9.17, 15) is 30.9 Å². The molecule has 0 N–H and O–H groups in total. The van der Waals surface area contributed by atoms with Gasteiger partial charge in [-0.15, -0.1) is 0 Å². The van der Waals surface area contributed by atoms with Crippen LogP contribution in [0.2, 0.25) is 0 Å². The van der Waals surface area contributed by atoms with Gasteiger partial charge in [-0.05, 0) is 37.5 Å². The minimum Gasteiger partial charge on any atom is -0.296 e. The normalized spacial score (nSPS) is 25.7. The molecule has 2 saturated carbocycles. The van der Waals surface area contributed by atoms with Crippen molar-refractivity contribution < 1.29 is 40.0 Å². The summed E-state index contributed by atoms with van der Waals surface area (Å²) in [6.07, 6.45) is -9.42. The van der Waals surface area contributed by atoms with Crippen molar-refractivity contribution in [1.29, 1.82) is 0 Å². The molecule has 2 aliphatic rings. The zero-order valence-corrected chi connectivity index (χ0v) is 16.2. The molecule has 0 amide bonds. The van der Waals surface area contributed by atoms with E-state index in [-0.39, 0.29) is 25.7 Å². The molecule has 27 heavy (non-hydrogen) atoms. The van der Waals surface area contributed by atoms with Crippen molar-refractivity contribution in [2.45, 2.75) is 88.8 Å². The fraction of sp³-hybridized carbons (Fsp3) is 1.00. The van der Waals surface area contributed by atoms with Crippen LogP contribution in [0.25, 0.3) is 0 Å². The van der Waals surface area contributed by atoms with Crippen LogP contribution >= 0.6 is 7.60 Å². The first-order valence-electron chi connectivity index (χ1n) is 9.48. The third-order valence-electron chi connectivity index (χ3n) is 5.41. The molecule has 3 nitrogen and oxygen atoms in total. The van der Waals surface area contributed by atoms with Crippen LogP contribution in [-0.4, -0.2) is 31.2 Å². The number of hydrogen-bond acceptors (Lipinski definition) is 3. The molecule has 0 saturated heterocycles. The molecule has 2 atom stereocenters. The lowest BCUT2D eigenvalue weighted by atomic mass is 9.85. The summed E-state index contributed by atoms with van der Waals surface area (Å²) in [5.41, 5.74) is 0. The van der Waals surface area contributed by atoms with Gasteiger partial charge in [0.2, 0.25) is 0 Å². The summed E-state index contributed by atoms with van der Waals surface area (Å²) in [5.74, 6) is -1.82. The molecule has 0 aliphatic heterocycles. The van der Waals surface area contributed by atoms with Crippen molar-refractivity contribution in [2.75, 3.05) is 6.66 Å². The predicted octanol–water partition coefficient (Wildman–Crippen LogP) is 6.86. The van der Waals surface area contributed by atoms with Crippen molar-refractivity contribution in [3.63, 3.8) is 0 Å². The van der Waals surface area contributed by atoms with E-state index < -0.39 is 44.0 Å². The standard InChI is InChI=1S/C17H27F6O3P/c1-27(24,25-14(16(18,19)20)12-8-4-2-5-9-12)26-15(17(21,22)23)13-10-6-3-7-11-13/h12-15H,2-11H2,1H3. The third-order valence-corrected chi connectivity index (χ3v) is 6.63. The Kier molecular flexibility index (Phi) is 7.70. The van der Waals surface area contributed by atoms with E-state index in [1.807, 2.05) is 0 Å². The molecule has 0 aromatic heterocycles. The lowest BCUT2D eigenvalue weighted by Crippen LogP contribution is -2.41. The maximum absolute atomic E-state index is 13.4. The highest BCUT2D eigenvalue weighted by atomic mass is 31.2. The molecule has 10 heteroatoms. The summed E-state index contributed by atoms with van der Waals surface area (Å²) in [5, 5.41) is 0. The Balaban J connectivity index is 2.14. The Morgan fingerprint density at radius 3 is 1.26 bits per heavy atom. The lowest BCUT2D eigenvalue weighted by Gasteiger charge is -2.36. The number of hydrogen-bond donors (Lipinski definition) is 0. The minimum atomic E-state index is -4.81. The average Bonchev–Trinajstić information content (AvgIpc) is 2.57. The van der Waals surface area contributed by atoms with Gasteiger partial charge in [0, 0.05) is 6.66 Å². The highest BCUT2D eigenvalue weighted by Crippen LogP contribution is 2.54. The number of halogens is 6. The molecule has 0 aromatic carbocycles. The van der Waals surface area contributed by atoms with Crippen molar-refractivity contribution >= 4 is 7.60 Å². The Morgan fingerprint density at radius 2 is 1.00 bits per heavy atom. The molecule has 2 fully saturated rings. The zero-order chi connectivity index (χ0) is 20.3. The van der Waals surface area contributed by atoms with Gasteiger partial charge >= 0.3 is 19.9 Å². The second-order valence-electron chi connectivity index (χ2n) is 7.70. The van der Waals surface area contributed by atoms with Crippen LogP contribution in [-0.2, 0) is 13.6 Å². The van der Waals surface area contributed by atoms with Crippen LogP contribution in [0.3, 0.4) is 0 Å². The summed E-state index contributed by atoms with van der Waals surface area (Å²) in [4.78, 5) is 0. The van der Waals surface area contributed by atoms with E-state index in [1.165, 1.54) is 0 Å². The van der Waals surface area contributed by atoms with E-state index in [0.717, 1.165) is 19.5 Å². The van der Waals surface area contributed by atoms with Gasteiger partial charge in [-0.2, -0.15) is 26.3 Å². The molecule has 2 rings (SSSR count). The average molecular weight is 424 g/mol. The Bertz CT molecular complexity index is 468. The quantitative estimate of drug-likeness (QED) is 0.345. The summed E-state index contributed by atoms with van der Waals surface area (Å²) < 4.78 is 103. The first kappa shape index (κ1) is 23.0. The van der Waals surface area contributed by atoms with Gasteiger partial charge in [0.25, 0.3) is 0 Å². The van der Waals surface area contributed by atoms with E-state index in [2.05, 4.69) is 0 Å². The lowest BCUT2D eigenvalue weighted by molar-refractivity contribution is -0.228. The molecular weight excluding hydrogens is 397 g/mol. The summed E-state index contributed by atoms with van der Waals surface area (Å²) in [6, 6.07) is 0. The highest BCUT2D eigenvalue weighted by Gasteiger charge is 2.52. The fourth-order valence-corrected chi connectivity index (χ4v) is 5.60. The maximum atomic E-state index is 13.4. The minimum absolute atomic E-state index is 0.246. The highest BCUT2D eigenvalue weighted by molar-refractivity contribution is 7.53. The van der Waals surface area contributed by atoms with Gasteiger partial charge in [-0.25, -0.2) is 0 Å². The van der Waals surface area contributed by atoms with Crippen LogP contribution in [0.4, 0.5) is 26.3 Å². The summed E-state index contributed by atoms with van der Waals surface area (Å²) in [6.45, 7) is 0.718. The van der Waals surface area contributed by atoms with Gasteiger partial charge in [0.1, 0.15) is 0 Å². The van der Waals surface area contributed by atoms with Gasteiger partial charge in [-0.1, -0.05) is 38.5 Å². The molecule has 2 unspecified atom stereocenters.